The monoisotopic (exact) mass is 961 g/mol. The molecule has 386 valence electrons. The Bertz CT molecular complexity index is 1790. The van der Waals surface area contributed by atoms with Gasteiger partial charge in [-0.15, -0.1) is 0 Å². The summed E-state index contributed by atoms with van der Waals surface area (Å²) in [5.41, 5.74) is -0.613. The number of hydrogen-bond donors (Lipinski definition) is 11. The molecule has 8 aliphatic rings. The summed E-state index contributed by atoms with van der Waals surface area (Å²) in [5, 5.41) is 115. The largest absolute Gasteiger partial charge is 0.432 e. The number of esters is 1. The summed E-state index contributed by atoms with van der Waals surface area (Å²) in [6.07, 6.45) is -13.5. The molecule has 5 aliphatic carbocycles. The van der Waals surface area contributed by atoms with E-state index < -0.39 is 135 Å². The zero-order chi connectivity index (χ0) is 48.3. The van der Waals surface area contributed by atoms with Crippen LogP contribution in [0, 0.1) is 50.2 Å². The maximum absolute atomic E-state index is 14.7. The van der Waals surface area contributed by atoms with Gasteiger partial charge < -0.3 is 90.1 Å². The van der Waals surface area contributed by atoms with Gasteiger partial charge in [0, 0.05) is 0 Å². The predicted octanol–water partition coefficient (Wildman–Crippen LogP) is -0.684. The standard InChI is InChI=1S/C48H78O18.H2O/c1-43(2)14-16-48(42(60)66-41-36(58)33(55)31(53)25(20-50)62-41)17-15-46(6)22(23(48)18-43)8-9-28-45(5)12-11-29(44(3,4)27(45)10-13-47(28,46)7)64-39-37(59)34(56)38(26(21-51)63-39)65-40-35(57)32(54)30(52)24(19-49)61-40;/h8,23-41,49-59H,9-21H2,1-7H3;1H2/t23?,24-,25-,26-,27?,28?,29?,30+,31-,32+,33+,34-,35-,36-,37-,38-,39+,40+,41+,45?,46-,47?,48?;/m1./s1. The molecule has 13 N–H and O–H groups in total. The summed E-state index contributed by atoms with van der Waals surface area (Å²) < 4.78 is 35.6. The molecular formula is C48H80O19. The highest BCUT2D eigenvalue weighted by Crippen LogP contribution is 2.76. The molecule has 0 radical (unpaired) electrons. The van der Waals surface area contributed by atoms with E-state index in [0.29, 0.717) is 19.3 Å². The molecule has 7 unspecified atom stereocenters. The Morgan fingerprint density at radius 1 is 0.612 bits per heavy atom. The van der Waals surface area contributed by atoms with Crippen molar-refractivity contribution < 1.29 is 94.9 Å². The highest BCUT2D eigenvalue weighted by molar-refractivity contribution is 5.79. The van der Waals surface area contributed by atoms with Crippen molar-refractivity contribution in [2.24, 2.45) is 50.2 Å². The second kappa shape index (κ2) is 18.9. The first kappa shape index (κ1) is 53.3. The van der Waals surface area contributed by atoms with Crippen LogP contribution in [0.4, 0.5) is 0 Å². The fourth-order valence-electron chi connectivity index (χ4n) is 15.0. The van der Waals surface area contributed by atoms with Crippen LogP contribution in [0.3, 0.4) is 0 Å². The third-order valence-corrected chi connectivity index (χ3v) is 19.3. The van der Waals surface area contributed by atoms with Gasteiger partial charge in [0.1, 0.15) is 73.2 Å². The van der Waals surface area contributed by atoms with E-state index in [9.17, 15) is 61.0 Å². The first-order chi connectivity index (χ1) is 30.9. The molecule has 0 aromatic rings. The molecule has 4 saturated carbocycles. The van der Waals surface area contributed by atoms with Crippen LogP contribution >= 0.6 is 0 Å². The molecule has 23 atom stereocenters. The number of aliphatic hydroxyl groups excluding tert-OH is 11. The van der Waals surface area contributed by atoms with Crippen molar-refractivity contribution >= 4 is 5.97 Å². The van der Waals surface area contributed by atoms with Crippen molar-refractivity contribution in [3.8, 4) is 0 Å². The quantitative estimate of drug-likeness (QED) is 0.0775. The molecule has 0 bridgehead atoms. The Morgan fingerprint density at radius 3 is 1.76 bits per heavy atom. The van der Waals surface area contributed by atoms with Crippen LogP contribution in [-0.4, -0.2) is 186 Å². The zero-order valence-electron chi connectivity index (χ0n) is 40.0. The van der Waals surface area contributed by atoms with Crippen LogP contribution in [0.2, 0.25) is 0 Å². The number of fused-ring (bicyclic) bond motifs is 7. The SMILES string of the molecule is CC1(C)CCC2(C(=O)O[C@@H]3O[C@H](CO)[C@@H](O)[C@H](O)[C@H]3O)CC[C@]3(C)C(=CCC4C5(C)CCC(O[C@@H]6O[C@H](CO)[C@@H](O[C@@H]7O[C@H](CO)[C@H](O)[C@H](O)[C@H]7O)[C@H](O)[C@H]6O)C(C)(C)C5CCC43C)C2C1.O. The van der Waals surface area contributed by atoms with Gasteiger partial charge in [0.15, 0.2) is 12.6 Å². The molecule has 0 aromatic heterocycles. The lowest BCUT2D eigenvalue weighted by Crippen LogP contribution is -2.67. The van der Waals surface area contributed by atoms with E-state index in [4.69, 9.17) is 28.4 Å². The molecular weight excluding hydrogens is 881 g/mol. The van der Waals surface area contributed by atoms with Crippen LogP contribution in [0.5, 0.6) is 0 Å². The van der Waals surface area contributed by atoms with Gasteiger partial charge in [-0.1, -0.05) is 60.1 Å². The molecule has 0 spiro atoms. The smallest absolute Gasteiger partial charge is 0.315 e. The van der Waals surface area contributed by atoms with E-state index in [-0.39, 0.29) is 44.9 Å². The van der Waals surface area contributed by atoms with Gasteiger partial charge in [0.25, 0.3) is 0 Å². The molecule has 67 heavy (non-hydrogen) atoms. The van der Waals surface area contributed by atoms with Gasteiger partial charge in [-0.25, -0.2) is 0 Å². The molecule has 19 nitrogen and oxygen atoms in total. The summed E-state index contributed by atoms with van der Waals surface area (Å²) in [4.78, 5) is 14.7. The second-order valence-electron chi connectivity index (χ2n) is 23.5. The first-order valence-corrected chi connectivity index (χ1v) is 24.3. The highest BCUT2D eigenvalue weighted by atomic mass is 16.7. The maximum Gasteiger partial charge on any atom is 0.315 e. The van der Waals surface area contributed by atoms with E-state index in [1.807, 2.05) is 0 Å². The van der Waals surface area contributed by atoms with Crippen LogP contribution in [0.1, 0.15) is 113 Å². The summed E-state index contributed by atoms with van der Waals surface area (Å²) in [6, 6.07) is 0. The van der Waals surface area contributed by atoms with E-state index in [1.54, 1.807) is 0 Å². The topological polar surface area (TPSA) is 326 Å². The molecule has 0 aromatic carbocycles. The third kappa shape index (κ3) is 8.38. The van der Waals surface area contributed by atoms with Crippen molar-refractivity contribution in [3.63, 3.8) is 0 Å². The number of aliphatic hydroxyl groups is 11. The zero-order valence-corrected chi connectivity index (χ0v) is 40.0. The average Bonchev–Trinajstić information content (AvgIpc) is 3.27. The lowest BCUT2D eigenvalue weighted by Gasteiger charge is -2.71. The lowest BCUT2D eigenvalue weighted by molar-refractivity contribution is -0.368. The minimum atomic E-state index is -1.77. The van der Waals surface area contributed by atoms with Crippen LogP contribution in [0.15, 0.2) is 11.6 Å². The Kier molecular flexibility index (Phi) is 15.0. The first-order valence-electron chi connectivity index (χ1n) is 24.3. The van der Waals surface area contributed by atoms with Gasteiger partial charge in [-0.2, -0.15) is 0 Å². The summed E-state index contributed by atoms with van der Waals surface area (Å²) >= 11 is 0. The van der Waals surface area contributed by atoms with Gasteiger partial charge in [0.05, 0.1) is 31.3 Å². The number of ether oxygens (including phenoxy) is 6. The minimum absolute atomic E-state index is 0. The van der Waals surface area contributed by atoms with Crippen molar-refractivity contribution in [1.82, 2.24) is 0 Å². The maximum atomic E-state index is 14.7. The van der Waals surface area contributed by atoms with E-state index >= 15 is 0 Å². The van der Waals surface area contributed by atoms with Crippen molar-refractivity contribution in [3.05, 3.63) is 11.6 Å². The van der Waals surface area contributed by atoms with Gasteiger partial charge in [0.2, 0.25) is 6.29 Å². The summed E-state index contributed by atoms with van der Waals surface area (Å²) in [6.45, 7) is 14.1. The van der Waals surface area contributed by atoms with Crippen molar-refractivity contribution in [2.75, 3.05) is 19.8 Å². The molecule has 19 heteroatoms. The number of hydrogen-bond acceptors (Lipinski definition) is 18. The highest BCUT2D eigenvalue weighted by Gasteiger charge is 2.70. The predicted molar refractivity (Wildman–Crippen MR) is 234 cm³/mol. The van der Waals surface area contributed by atoms with Crippen LogP contribution in [0.25, 0.3) is 0 Å². The van der Waals surface area contributed by atoms with Gasteiger partial charge >= 0.3 is 5.97 Å². The number of allylic oxidation sites excluding steroid dienone is 2. The Hall–Kier alpha value is -1.47. The molecule has 7 fully saturated rings. The summed E-state index contributed by atoms with van der Waals surface area (Å²) in [7, 11) is 0. The van der Waals surface area contributed by atoms with Gasteiger partial charge in [-0.3, -0.25) is 4.79 Å². The third-order valence-electron chi connectivity index (χ3n) is 19.3. The van der Waals surface area contributed by atoms with E-state index in [2.05, 4.69) is 54.5 Å². The molecule has 3 heterocycles. The molecule has 3 saturated heterocycles. The van der Waals surface area contributed by atoms with E-state index in [1.165, 1.54) is 5.57 Å². The Labute approximate surface area is 392 Å². The summed E-state index contributed by atoms with van der Waals surface area (Å²) in [5.74, 6) is -0.157. The van der Waals surface area contributed by atoms with Crippen LogP contribution in [-0.2, 0) is 33.2 Å². The number of rotatable bonds is 9. The second-order valence-corrected chi connectivity index (χ2v) is 23.5. The van der Waals surface area contributed by atoms with Crippen molar-refractivity contribution in [2.45, 2.75) is 211 Å². The van der Waals surface area contributed by atoms with E-state index in [0.717, 1.165) is 44.9 Å². The number of carbonyl (C=O) groups excluding carboxylic acids is 1. The number of carbonyl (C=O) groups is 1. The molecule has 8 rings (SSSR count). The fourth-order valence-corrected chi connectivity index (χ4v) is 15.0. The average molecular weight is 961 g/mol. The Balaban J connectivity index is 0.00000666. The van der Waals surface area contributed by atoms with Gasteiger partial charge in [-0.05, 0) is 109 Å². The fraction of sp³-hybridized carbons (Fsp3) is 0.938. The Morgan fingerprint density at radius 2 is 1.15 bits per heavy atom. The minimum Gasteiger partial charge on any atom is -0.432 e. The van der Waals surface area contributed by atoms with Crippen molar-refractivity contribution in [1.29, 1.82) is 0 Å². The van der Waals surface area contributed by atoms with Crippen LogP contribution < -0.4 is 0 Å². The molecule has 0 amide bonds. The molecule has 3 aliphatic heterocycles. The lowest BCUT2D eigenvalue weighted by atomic mass is 9.33. The normalized spacial score (nSPS) is 52.5.